The van der Waals surface area contributed by atoms with Gasteiger partial charge in [-0.2, -0.15) is 0 Å². The molecule has 12 heteroatoms. The minimum Gasteiger partial charge on any atom is -0.465 e. The Balaban J connectivity index is 1.83. The Morgan fingerprint density at radius 3 is 2.27 bits per heavy atom. The van der Waals surface area contributed by atoms with Crippen LogP contribution in [0.3, 0.4) is 0 Å². The van der Waals surface area contributed by atoms with Gasteiger partial charge in [0.25, 0.3) is 6.47 Å². The number of hydrogen-bond acceptors (Lipinski definition) is 12. The quantitative estimate of drug-likeness (QED) is 0.161. The monoisotopic (exact) mass is 565 g/mol. The fourth-order valence-electron chi connectivity index (χ4n) is 5.24. The van der Waals surface area contributed by atoms with Gasteiger partial charge in [0.05, 0.1) is 24.9 Å². The van der Waals surface area contributed by atoms with Gasteiger partial charge in [0.15, 0.2) is 18.2 Å². The topological polar surface area (TPSA) is 156 Å². The highest BCUT2D eigenvalue weighted by Gasteiger charge is 2.50. The largest absolute Gasteiger partial charge is 0.465 e. The molecule has 10 atom stereocenters. The van der Waals surface area contributed by atoms with Crippen molar-refractivity contribution in [1.82, 2.24) is 5.32 Å². The molecule has 0 bridgehead atoms. The molecule has 2 fully saturated rings. The van der Waals surface area contributed by atoms with Gasteiger partial charge in [-0.15, -0.1) is 0 Å². The second-order valence-electron chi connectivity index (χ2n) is 10.2. The first-order valence-electron chi connectivity index (χ1n) is 13.3. The first-order valence-corrected chi connectivity index (χ1v) is 13.3. The number of Topliss-reactive ketones (excluding diaryl/α,β-unsaturated/α-hetero) is 1. The Hall–Kier alpha value is -2.90. The predicted octanol–water partition coefficient (Wildman–Crippen LogP) is 1.03. The van der Waals surface area contributed by atoms with Gasteiger partial charge in [-0.3, -0.25) is 19.2 Å². The van der Waals surface area contributed by atoms with Gasteiger partial charge in [0.1, 0.15) is 25.4 Å². The predicted molar refractivity (Wildman–Crippen MR) is 139 cm³/mol. The minimum atomic E-state index is -1.17. The third kappa shape index (κ3) is 8.07. The SMILES string of the molecule is CC(=O)OCC1O[C@@H](C)C(NCC(=O)c2ccccc2)[C@@H](C)[C@@H]1OC1O[C@@H](COC=O)[C@@H](O)C(C)[C@@H]1OC(C)=O. The summed E-state index contributed by atoms with van der Waals surface area (Å²) in [6.45, 7) is 7.90. The zero-order chi connectivity index (χ0) is 29.4. The molecule has 2 heterocycles. The Morgan fingerprint density at radius 2 is 1.65 bits per heavy atom. The van der Waals surface area contributed by atoms with Gasteiger partial charge in [-0.25, -0.2) is 0 Å². The van der Waals surface area contributed by atoms with Crippen LogP contribution < -0.4 is 5.32 Å². The van der Waals surface area contributed by atoms with E-state index < -0.39 is 54.7 Å². The van der Waals surface area contributed by atoms with E-state index in [0.717, 1.165) is 0 Å². The Bertz CT molecular complexity index is 1010. The van der Waals surface area contributed by atoms with Crippen molar-refractivity contribution in [1.29, 1.82) is 0 Å². The molecule has 1 aromatic carbocycles. The van der Waals surface area contributed by atoms with Crippen molar-refractivity contribution < 1.29 is 52.7 Å². The Kier molecular flexibility index (Phi) is 11.6. The molecule has 0 saturated carbocycles. The minimum absolute atomic E-state index is 0.0540. The fraction of sp³-hybridized carbons (Fsp3) is 0.643. The summed E-state index contributed by atoms with van der Waals surface area (Å²) in [5.41, 5.74) is 0.573. The number of nitrogens with one attached hydrogen (secondary N) is 1. The van der Waals surface area contributed by atoms with E-state index in [-0.39, 0.29) is 50.1 Å². The number of rotatable bonds is 12. The van der Waals surface area contributed by atoms with Crippen LogP contribution in [-0.4, -0.2) is 98.0 Å². The van der Waals surface area contributed by atoms with Crippen LogP contribution in [0.2, 0.25) is 0 Å². The van der Waals surface area contributed by atoms with Crippen LogP contribution in [0.1, 0.15) is 45.0 Å². The van der Waals surface area contributed by atoms with Gasteiger partial charge in [0.2, 0.25) is 0 Å². The van der Waals surface area contributed by atoms with E-state index in [1.54, 1.807) is 31.2 Å². The van der Waals surface area contributed by atoms with E-state index in [2.05, 4.69) is 5.32 Å². The summed E-state index contributed by atoms with van der Waals surface area (Å²) < 4.78 is 34.1. The molecule has 3 rings (SSSR count). The fourth-order valence-corrected chi connectivity index (χ4v) is 5.24. The van der Waals surface area contributed by atoms with E-state index in [0.29, 0.717) is 5.56 Å². The van der Waals surface area contributed by atoms with Crippen LogP contribution in [0.15, 0.2) is 30.3 Å². The number of aliphatic hydroxyl groups is 1. The first kappa shape index (κ1) is 31.6. The summed E-state index contributed by atoms with van der Waals surface area (Å²) in [5, 5.41) is 14.0. The van der Waals surface area contributed by atoms with E-state index >= 15 is 0 Å². The second-order valence-corrected chi connectivity index (χ2v) is 10.2. The van der Waals surface area contributed by atoms with Crippen LogP contribution in [0.5, 0.6) is 0 Å². The highest BCUT2D eigenvalue weighted by atomic mass is 16.7. The van der Waals surface area contributed by atoms with Crippen LogP contribution in [-0.2, 0) is 42.8 Å². The molecule has 0 radical (unpaired) electrons. The lowest BCUT2D eigenvalue weighted by molar-refractivity contribution is -0.324. The standard InChI is InChI=1S/C28H39NO11/c1-15-24(29-11-21(33)20-9-7-6-8-10-20)17(3)37-23(13-36-18(4)31)26(15)40-28-27(38-19(5)32)16(2)25(34)22(39-28)12-35-14-30/h6-10,14-17,22-29,34H,11-13H2,1-5H3/t15-,16?,17+,22+,23?,24?,25+,26+,27+,28?/m1/s1. The number of ether oxygens (including phenoxy) is 6. The molecular weight excluding hydrogens is 526 g/mol. The second kappa shape index (κ2) is 14.6. The molecule has 4 unspecified atom stereocenters. The average molecular weight is 566 g/mol. The number of aliphatic hydroxyl groups excluding tert-OH is 1. The third-order valence-corrected chi connectivity index (χ3v) is 7.33. The maximum atomic E-state index is 12.8. The lowest BCUT2D eigenvalue weighted by Crippen LogP contribution is -2.63. The summed E-state index contributed by atoms with van der Waals surface area (Å²) in [5.74, 6) is -2.12. The molecule has 40 heavy (non-hydrogen) atoms. The molecule has 0 spiro atoms. The van der Waals surface area contributed by atoms with Gasteiger partial charge >= 0.3 is 11.9 Å². The van der Waals surface area contributed by atoms with Gasteiger partial charge in [0, 0.05) is 37.3 Å². The van der Waals surface area contributed by atoms with Crippen molar-refractivity contribution >= 4 is 24.2 Å². The highest BCUT2D eigenvalue weighted by molar-refractivity contribution is 5.97. The number of esters is 2. The zero-order valence-electron chi connectivity index (χ0n) is 23.4. The van der Waals surface area contributed by atoms with Gasteiger partial charge in [-0.05, 0) is 6.92 Å². The molecule has 222 valence electrons. The van der Waals surface area contributed by atoms with Gasteiger partial charge < -0.3 is 38.8 Å². The molecule has 2 aliphatic heterocycles. The van der Waals surface area contributed by atoms with Crippen molar-refractivity contribution in [2.24, 2.45) is 11.8 Å². The van der Waals surface area contributed by atoms with Crippen LogP contribution in [0.25, 0.3) is 0 Å². The summed E-state index contributed by atoms with van der Waals surface area (Å²) in [6.07, 6.45) is -6.07. The summed E-state index contributed by atoms with van der Waals surface area (Å²) in [7, 11) is 0. The van der Waals surface area contributed by atoms with Crippen LogP contribution in [0, 0.1) is 11.8 Å². The summed E-state index contributed by atoms with van der Waals surface area (Å²) in [4.78, 5) is 47.0. The number of carbonyl (C=O) groups is 4. The molecule has 0 aliphatic carbocycles. The summed E-state index contributed by atoms with van der Waals surface area (Å²) in [6, 6.07) is 8.55. The van der Waals surface area contributed by atoms with Crippen LogP contribution >= 0.6 is 0 Å². The first-order chi connectivity index (χ1) is 19.0. The highest BCUT2D eigenvalue weighted by Crippen LogP contribution is 2.35. The molecule has 2 saturated heterocycles. The third-order valence-electron chi connectivity index (χ3n) is 7.33. The van der Waals surface area contributed by atoms with Crippen molar-refractivity contribution in [2.45, 2.75) is 83.6 Å². The Labute approximate surface area is 233 Å². The van der Waals surface area contributed by atoms with E-state index in [1.165, 1.54) is 13.8 Å². The molecule has 1 aromatic rings. The van der Waals surface area contributed by atoms with Crippen molar-refractivity contribution in [2.75, 3.05) is 19.8 Å². The van der Waals surface area contributed by atoms with E-state index in [1.807, 2.05) is 19.9 Å². The maximum Gasteiger partial charge on any atom is 0.303 e. The molecule has 0 aromatic heterocycles. The number of hydrogen-bond donors (Lipinski definition) is 2. The lowest BCUT2D eigenvalue weighted by Gasteiger charge is -2.48. The molecule has 12 nitrogen and oxygen atoms in total. The van der Waals surface area contributed by atoms with Crippen molar-refractivity contribution in [3.8, 4) is 0 Å². The lowest BCUT2D eigenvalue weighted by atomic mass is 9.85. The van der Waals surface area contributed by atoms with E-state index in [9.17, 15) is 24.3 Å². The summed E-state index contributed by atoms with van der Waals surface area (Å²) >= 11 is 0. The molecular formula is C28H39NO11. The van der Waals surface area contributed by atoms with E-state index in [4.69, 9.17) is 28.4 Å². The number of ketones is 1. The molecule has 2 N–H and O–H groups in total. The van der Waals surface area contributed by atoms with Gasteiger partial charge in [-0.1, -0.05) is 44.2 Å². The molecule has 2 aliphatic rings. The van der Waals surface area contributed by atoms with Crippen LogP contribution in [0.4, 0.5) is 0 Å². The maximum absolute atomic E-state index is 12.8. The normalized spacial score (nSPS) is 34.0. The number of benzene rings is 1. The smallest absolute Gasteiger partial charge is 0.303 e. The van der Waals surface area contributed by atoms with Crippen molar-refractivity contribution in [3.63, 3.8) is 0 Å². The number of carbonyl (C=O) groups excluding carboxylic acids is 4. The Morgan fingerprint density at radius 1 is 0.950 bits per heavy atom. The van der Waals surface area contributed by atoms with Crippen molar-refractivity contribution in [3.05, 3.63) is 35.9 Å². The molecule has 0 amide bonds. The average Bonchev–Trinajstić information content (AvgIpc) is 2.92. The zero-order valence-corrected chi connectivity index (χ0v) is 23.4.